The van der Waals surface area contributed by atoms with Gasteiger partial charge in [-0.1, -0.05) is 6.07 Å². The molecule has 0 aliphatic rings. The molecule has 7 heteroatoms. The van der Waals surface area contributed by atoms with Gasteiger partial charge in [-0.15, -0.1) is 0 Å². The first-order chi connectivity index (χ1) is 9.21. The number of nitrogens with zero attached hydrogens (tertiary/aromatic N) is 2. The molecule has 0 fully saturated rings. The molecule has 20 heavy (non-hydrogen) atoms. The molecule has 0 spiro atoms. The Bertz CT molecular complexity index is 674. The van der Waals surface area contributed by atoms with Gasteiger partial charge in [0, 0.05) is 20.0 Å². The maximum Gasteiger partial charge on any atom is 0.335 e. The van der Waals surface area contributed by atoms with E-state index in [0.717, 1.165) is 4.31 Å². The number of sulfonamides is 1. The third kappa shape index (κ3) is 3.15. The number of aromatic carboxylic acids is 1. The third-order valence-electron chi connectivity index (χ3n) is 2.98. The highest BCUT2D eigenvalue weighted by Gasteiger charge is 2.24. The molecule has 0 saturated heterocycles. The first-order valence-electron chi connectivity index (χ1n) is 5.89. The van der Waals surface area contributed by atoms with E-state index in [0.29, 0.717) is 11.1 Å². The van der Waals surface area contributed by atoms with Crippen molar-refractivity contribution in [2.24, 2.45) is 0 Å². The Hall–Kier alpha value is -1.91. The Labute approximate surface area is 118 Å². The van der Waals surface area contributed by atoms with E-state index in [1.54, 1.807) is 13.8 Å². The van der Waals surface area contributed by atoms with Crippen LogP contribution in [0.3, 0.4) is 0 Å². The van der Waals surface area contributed by atoms with Gasteiger partial charge in [-0.3, -0.25) is 0 Å². The molecule has 108 valence electrons. The predicted molar refractivity (Wildman–Crippen MR) is 72.9 cm³/mol. The molecule has 1 aromatic rings. The number of benzene rings is 1. The van der Waals surface area contributed by atoms with Crippen LogP contribution in [0.2, 0.25) is 0 Å². The lowest BCUT2D eigenvalue weighted by molar-refractivity contribution is 0.0696. The predicted octanol–water partition coefficient (Wildman–Crippen LogP) is 1.54. The van der Waals surface area contributed by atoms with Gasteiger partial charge in [0.2, 0.25) is 10.0 Å². The zero-order valence-electron chi connectivity index (χ0n) is 11.5. The summed E-state index contributed by atoms with van der Waals surface area (Å²) in [5.41, 5.74) is 0.952. The average Bonchev–Trinajstić information content (AvgIpc) is 2.34. The summed E-state index contributed by atoms with van der Waals surface area (Å²) < 4.78 is 25.8. The van der Waals surface area contributed by atoms with Crippen molar-refractivity contribution in [2.45, 2.75) is 25.2 Å². The van der Waals surface area contributed by atoms with Crippen molar-refractivity contribution in [1.29, 1.82) is 5.26 Å². The molecule has 0 amide bonds. The normalized spacial score (nSPS) is 11.3. The summed E-state index contributed by atoms with van der Waals surface area (Å²) in [6, 6.07) is 4.58. The summed E-state index contributed by atoms with van der Waals surface area (Å²) in [7, 11) is -2.43. The summed E-state index contributed by atoms with van der Waals surface area (Å²) in [6.07, 6.45) is 0.0758. The lowest BCUT2D eigenvalue weighted by Crippen LogP contribution is -2.28. The smallest absolute Gasteiger partial charge is 0.335 e. The van der Waals surface area contributed by atoms with Crippen LogP contribution in [0, 0.1) is 25.2 Å². The third-order valence-corrected chi connectivity index (χ3v) is 4.98. The van der Waals surface area contributed by atoms with Gasteiger partial charge < -0.3 is 5.11 Å². The summed E-state index contributed by atoms with van der Waals surface area (Å²) in [4.78, 5) is 11.1. The minimum absolute atomic E-state index is 0.0390. The highest BCUT2D eigenvalue weighted by atomic mass is 32.2. The molecule has 0 atom stereocenters. The Balaban J connectivity index is 3.35. The van der Waals surface area contributed by atoms with E-state index >= 15 is 0 Å². The van der Waals surface area contributed by atoms with E-state index < -0.39 is 16.0 Å². The molecule has 0 aromatic heterocycles. The molecule has 0 bridgehead atoms. The SMILES string of the molecule is Cc1cc(C)c(S(=O)(=O)N(C)CCC#N)cc1C(=O)O. The van der Waals surface area contributed by atoms with Gasteiger partial charge in [-0.25, -0.2) is 13.2 Å². The number of carbonyl (C=O) groups is 1. The first kappa shape index (κ1) is 16.1. The number of nitriles is 1. The number of hydrogen-bond acceptors (Lipinski definition) is 4. The first-order valence-corrected chi connectivity index (χ1v) is 7.33. The van der Waals surface area contributed by atoms with E-state index in [4.69, 9.17) is 10.4 Å². The number of aryl methyl sites for hydroxylation is 2. The van der Waals surface area contributed by atoms with E-state index in [1.807, 2.05) is 6.07 Å². The molecule has 1 N–H and O–H groups in total. The van der Waals surface area contributed by atoms with Crippen molar-refractivity contribution < 1.29 is 18.3 Å². The van der Waals surface area contributed by atoms with Gasteiger partial charge in [0.15, 0.2) is 0 Å². The summed E-state index contributed by atoms with van der Waals surface area (Å²) in [5.74, 6) is -1.17. The van der Waals surface area contributed by atoms with Gasteiger partial charge >= 0.3 is 5.97 Å². The second-order valence-electron chi connectivity index (χ2n) is 4.47. The zero-order chi connectivity index (χ0) is 15.5. The van der Waals surface area contributed by atoms with Crippen molar-refractivity contribution in [3.63, 3.8) is 0 Å². The van der Waals surface area contributed by atoms with Crippen LogP contribution < -0.4 is 0 Å². The lowest BCUT2D eigenvalue weighted by atomic mass is 10.1. The number of carboxylic acids is 1. The summed E-state index contributed by atoms with van der Waals surface area (Å²) >= 11 is 0. The van der Waals surface area contributed by atoms with Gasteiger partial charge in [-0.05, 0) is 31.0 Å². The van der Waals surface area contributed by atoms with Crippen molar-refractivity contribution in [3.05, 3.63) is 28.8 Å². The largest absolute Gasteiger partial charge is 0.478 e. The second kappa shape index (κ2) is 6.03. The summed E-state index contributed by atoms with van der Waals surface area (Å²) in [6.45, 7) is 3.30. The fourth-order valence-electron chi connectivity index (χ4n) is 1.84. The quantitative estimate of drug-likeness (QED) is 0.888. The van der Waals surface area contributed by atoms with Crippen LogP contribution in [0.1, 0.15) is 27.9 Å². The Morgan fingerprint density at radius 1 is 1.35 bits per heavy atom. The molecule has 1 aromatic carbocycles. The van der Waals surface area contributed by atoms with Crippen LogP contribution in [-0.2, 0) is 10.0 Å². The van der Waals surface area contributed by atoms with Crippen LogP contribution in [0.5, 0.6) is 0 Å². The fourth-order valence-corrected chi connectivity index (χ4v) is 3.24. The maximum atomic E-state index is 12.4. The Kier molecular flexibility index (Phi) is 4.87. The van der Waals surface area contributed by atoms with Crippen LogP contribution in [0.15, 0.2) is 17.0 Å². The highest BCUT2D eigenvalue weighted by molar-refractivity contribution is 7.89. The molecule has 0 saturated carbocycles. The molecule has 0 aliphatic carbocycles. The van der Waals surface area contributed by atoms with Gasteiger partial charge in [-0.2, -0.15) is 9.57 Å². The standard InChI is InChI=1S/C13H16N2O4S/c1-9-7-10(2)12(8-11(9)13(16)17)20(18,19)15(3)6-4-5-14/h7-8H,4,6H2,1-3H3,(H,16,17). The van der Waals surface area contributed by atoms with E-state index in [9.17, 15) is 13.2 Å². The minimum atomic E-state index is -3.80. The molecule has 0 radical (unpaired) electrons. The van der Waals surface area contributed by atoms with Gasteiger partial charge in [0.05, 0.1) is 16.5 Å². The van der Waals surface area contributed by atoms with Crippen LogP contribution in [-0.4, -0.2) is 37.4 Å². The maximum absolute atomic E-state index is 12.4. The van der Waals surface area contributed by atoms with E-state index in [1.165, 1.54) is 19.2 Å². The number of carboxylic acid groups (broad SMARTS) is 1. The minimum Gasteiger partial charge on any atom is -0.478 e. The highest BCUT2D eigenvalue weighted by Crippen LogP contribution is 2.23. The average molecular weight is 296 g/mol. The molecule has 0 aliphatic heterocycles. The van der Waals surface area contributed by atoms with Crippen molar-refractivity contribution in [2.75, 3.05) is 13.6 Å². The monoisotopic (exact) mass is 296 g/mol. The molecule has 0 heterocycles. The Morgan fingerprint density at radius 3 is 2.45 bits per heavy atom. The number of rotatable bonds is 5. The van der Waals surface area contributed by atoms with Crippen molar-refractivity contribution >= 4 is 16.0 Å². The van der Waals surface area contributed by atoms with E-state index in [2.05, 4.69) is 0 Å². The molecular formula is C13H16N2O4S. The van der Waals surface area contributed by atoms with Crippen molar-refractivity contribution in [3.8, 4) is 6.07 Å². The Morgan fingerprint density at radius 2 is 1.95 bits per heavy atom. The molecular weight excluding hydrogens is 280 g/mol. The second-order valence-corrected chi connectivity index (χ2v) is 6.49. The van der Waals surface area contributed by atoms with E-state index in [-0.39, 0.29) is 23.4 Å². The van der Waals surface area contributed by atoms with Crippen LogP contribution >= 0.6 is 0 Å². The lowest BCUT2D eigenvalue weighted by Gasteiger charge is -2.18. The van der Waals surface area contributed by atoms with Gasteiger partial charge in [0.25, 0.3) is 0 Å². The molecule has 1 rings (SSSR count). The zero-order valence-corrected chi connectivity index (χ0v) is 12.4. The molecule has 0 unspecified atom stereocenters. The fraction of sp³-hybridized carbons (Fsp3) is 0.385. The molecule has 6 nitrogen and oxygen atoms in total. The van der Waals surface area contributed by atoms with Crippen LogP contribution in [0.4, 0.5) is 0 Å². The van der Waals surface area contributed by atoms with Gasteiger partial charge in [0.1, 0.15) is 0 Å². The summed E-state index contributed by atoms with van der Waals surface area (Å²) in [5, 5.41) is 17.6. The van der Waals surface area contributed by atoms with Crippen LogP contribution in [0.25, 0.3) is 0 Å². The topological polar surface area (TPSA) is 98.5 Å². The number of hydrogen-bond donors (Lipinski definition) is 1. The van der Waals surface area contributed by atoms with Crippen molar-refractivity contribution in [1.82, 2.24) is 4.31 Å².